The van der Waals surface area contributed by atoms with Gasteiger partial charge in [0, 0.05) is 6.04 Å². The van der Waals surface area contributed by atoms with Crippen molar-refractivity contribution >= 4 is 17.6 Å². The fraction of sp³-hybridized carbons (Fsp3) is 0.333. The van der Waals surface area contributed by atoms with Gasteiger partial charge in [-0.2, -0.15) is 0 Å². The first-order valence-electron chi connectivity index (χ1n) is 5.70. The number of para-hydroxylation sites is 1. The fourth-order valence-corrected chi connectivity index (χ4v) is 2.10. The number of rotatable bonds is 2. The third-order valence-electron chi connectivity index (χ3n) is 3.14. The largest absolute Gasteiger partial charge is 0.365 e. The van der Waals surface area contributed by atoms with Crippen molar-refractivity contribution < 1.29 is 19.1 Å². The Morgan fingerprint density at radius 2 is 1.83 bits per heavy atom. The van der Waals surface area contributed by atoms with Gasteiger partial charge in [-0.1, -0.05) is 12.1 Å². The summed E-state index contributed by atoms with van der Waals surface area (Å²) in [6.07, 6.45) is -0.139. The molecule has 1 saturated heterocycles. The normalized spacial score (nSPS) is 24.0. The van der Waals surface area contributed by atoms with Crippen molar-refractivity contribution in [2.24, 2.45) is 0 Å². The van der Waals surface area contributed by atoms with Gasteiger partial charge < -0.3 is 5.11 Å². The van der Waals surface area contributed by atoms with Gasteiger partial charge in [-0.15, -0.1) is 0 Å². The van der Waals surface area contributed by atoms with Crippen LogP contribution in [0, 0.1) is 5.82 Å². The van der Waals surface area contributed by atoms with Gasteiger partial charge in [0.15, 0.2) is 0 Å². The molecule has 6 heteroatoms. The third-order valence-corrected chi connectivity index (χ3v) is 3.14. The number of carbonyl (C=O) groups excluding carboxylic acids is 2. The first-order chi connectivity index (χ1) is 8.61. The molecule has 2 fully saturated rings. The zero-order chi connectivity index (χ0) is 12.9. The monoisotopic (exact) mass is 250 g/mol. The molecule has 5 nitrogen and oxygen atoms in total. The number of halogens is 1. The summed E-state index contributed by atoms with van der Waals surface area (Å²) in [6.45, 7) is 0. The number of benzene rings is 1. The SMILES string of the molecule is O=C1C(O)N(c2ccccc2F)C(=O)N1C1CC1. The number of urea groups is 1. The minimum Gasteiger partial charge on any atom is -0.365 e. The molecule has 1 aromatic carbocycles. The van der Waals surface area contributed by atoms with Gasteiger partial charge in [0.2, 0.25) is 6.23 Å². The van der Waals surface area contributed by atoms with Gasteiger partial charge in [0.05, 0.1) is 5.69 Å². The van der Waals surface area contributed by atoms with Crippen LogP contribution >= 0.6 is 0 Å². The molecule has 1 heterocycles. The molecule has 0 aromatic heterocycles. The number of anilines is 1. The predicted octanol–water partition coefficient (Wildman–Crippen LogP) is 1.08. The molecule has 94 valence electrons. The van der Waals surface area contributed by atoms with E-state index >= 15 is 0 Å². The number of aliphatic hydroxyl groups is 1. The highest BCUT2D eigenvalue weighted by atomic mass is 19.1. The molecule has 1 atom stereocenters. The highest BCUT2D eigenvalue weighted by Gasteiger charge is 2.51. The van der Waals surface area contributed by atoms with Crippen LogP contribution in [0.2, 0.25) is 0 Å². The van der Waals surface area contributed by atoms with Crippen molar-refractivity contribution in [3.05, 3.63) is 30.1 Å². The van der Waals surface area contributed by atoms with E-state index in [2.05, 4.69) is 0 Å². The van der Waals surface area contributed by atoms with Gasteiger partial charge in [0.25, 0.3) is 5.91 Å². The van der Waals surface area contributed by atoms with Crippen molar-refractivity contribution in [1.82, 2.24) is 4.90 Å². The standard InChI is InChI=1S/C12H11FN2O3/c13-8-3-1-2-4-9(8)15-11(17)10(16)14(12(15)18)7-5-6-7/h1-4,7,11,17H,5-6H2. The maximum absolute atomic E-state index is 13.6. The van der Waals surface area contributed by atoms with Crippen LogP contribution in [0.4, 0.5) is 14.9 Å². The maximum Gasteiger partial charge on any atom is 0.334 e. The zero-order valence-corrected chi connectivity index (χ0v) is 9.41. The third kappa shape index (κ3) is 1.49. The molecule has 1 aliphatic heterocycles. The molecule has 1 N–H and O–H groups in total. The van der Waals surface area contributed by atoms with E-state index in [0.717, 1.165) is 22.6 Å². The summed E-state index contributed by atoms with van der Waals surface area (Å²) in [6, 6.07) is 4.77. The smallest absolute Gasteiger partial charge is 0.334 e. The van der Waals surface area contributed by atoms with Crippen molar-refractivity contribution in [3.63, 3.8) is 0 Å². The van der Waals surface area contributed by atoms with Crippen LogP contribution in [-0.2, 0) is 4.79 Å². The van der Waals surface area contributed by atoms with Crippen LogP contribution in [0.1, 0.15) is 12.8 Å². The average Bonchev–Trinajstić information content (AvgIpc) is 3.13. The number of aliphatic hydroxyl groups excluding tert-OH is 1. The summed E-state index contributed by atoms with van der Waals surface area (Å²) >= 11 is 0. The summed E-state index contributed by atoms with van der Waals surface area (Å²) in [7, 11) is 0. The first kappa shape index (κ1) is 11.2. The lowest BCUT2D eigenvalue weighted by molar-refractivity contribution is -0.133. The molecule has 0 radical (unpaired) electrons. The van der Waals surface area contributed by atoms with Gasteiger partial charge in [-0.3, -0.25) is 14.6 Å². The van der Waals surface area contributed by atoms with Crippen molar-refractivity contribution in [1.29, 1.82) is 0 Å². The lowest BCUT2D eigenvalue weighted by atomic mass is 10.3. The summed E-state index contributed by atoms with van der Waals surface area (Å²) < 4.78 is 13.6. The van der Waals surface area contributed by atoms with E-state index in [0.29, 0.717) is 0 Å². The van der Waals surface area contributed by atoms with E-state index < -0.39 is 24.0 Å². The highest BCUT2D eigenvalue weighted by Crippen LogP contribution is 2.35. The molecule has 2 aliphatic rings. The van der Waals surface area contributed by atoms with Gasteiger partial charge >= 0.3 is 6.03 Å². The number of amides is 3. The quantitative estimate of drug-likeness (QED) is 0.799. The lowest BCUT2D eigenvalue weighted by Crippen LogP contribution is -2.36. The number of imide groups is 1. The van der Waals surface area contributed by atoms with Crippen LogP contribution in [0.3, 0.4) is 0 Å². The van der Waals surface area contributed by atoms with Crippen molar-refractivity contribution in [2.75, 3.05) is 4.90 Å². The van der Waals surface area contributed by atoms with E-state index in [4.69, 9.17) is 0 Å². The van der Waals surface area contributed by atoms with Crippen molar-refractivity contribution in [2.45, 2.75) is 25.1 Å². The zero-order valence-electron chi connectivity index (χ0n) is 9.41. The second-order valence-electron chi connectivity index (χ2n) is 4.42. The Bertz CT molecular complexity index is 530. The second-order valence-corrected chi connectivity index (χ2v) is 4.42. The van der Waals surface area contributed by atoms with Crippen LogP contribution in [0.5, 0.6) is 0 Å². The van der Waals surface area contributed by atoms with Crippen LogP contribution < -0.4 is 4.90 Å². The molecular weight excluding hydrogens is 239 g/mol. The Labute approximate surface area is 102 Å². The topological polar surface area (TPSA) is 60.9 Å². The summed E-state index contributed by atoms with van der Waals surface area (Å²) in [5.74, 6) is -1.32. The summed E-state index contributed by atoms with van der Waals surface area (Å²) in [4.78, 5) is 25.7. The van der Waals surface area contributed by atoms with E-state index in [9.17, 15) is 19.1 Å². The Balaban J connectivity index is 2.00. The maximum atomic E-state index is 13.6. The molecule has 1 unspecified atom stereocenters. The van der Waals surface area contributed by atoms with Crippen LogP contribution in [0.15, 0.2) is 24.3 Å². The molecule has 0 spiro atoms. The minimum absolute atomic E-state index is 0.0773. The molecule has 18 heavy (non-hydrogen) atoms. The number of carbonyl (C=O) groups is 2. The Morgan fingerprint density at radius 1 is 1.17 bits per heavy atom. The van der Waals surface area contributed by atoms with E-state index in [-0.39, 0.29) is 11.7 Å². The molecular formula is C12H11FN2O3. The summed E-state index contributed by atoms with van der Waals surface area (Å²) in [5, 5.41) is 9.80. The van der Waals surface area contributed by atoms with E-state index in [1.54, 1.807) is 6.07 Å². The van der Waals surface area contributed by atoms with Gasteiger partial charge in [-0.25, -0.2) is 9.18 Å². The average molecular weight is 250 g/mol. The van der Waals surface area contributed by atoms with Gasteiger partial charge in [-0.05, 0) is 25.0 Å². The van der Waals surface area contributed by atoms with Crippen LogP contribution in [0.25, 0.3) is 0 Å². The minimum atomic E-state index is -1.63. The molecule has 1 aliphatic carbocycles. The Kier molecular flexibility index (Phi) is 2.34. The Hall–Kier alpha value is -1.95. The van der Waals surface area contributed by atoms with Crippen LogP contribution in [-0.4, -0.2) is 34.2 Å². The van der Waals surface area contributed by atoms with E-state index in [1.165, 1.54) is 18.2 Å². The fourth-order valence-electron chi connectivity index (χ4n) is 2.10. The predicted molar refractivity (Wildman–Crippen MR) is 60.1 cm³/mol. The Morgan fingerprint density at radius 3 is 2.44 bits per heavy atom. The summed E-state index contributed by atoms with van der Waals surface area (Å²) in [5.41, 5.74) is -0.0773. The number of hydrogen-bond acceptors (Lipinski definition) is 3. The molecule has 3 amide bonds. The lowest BCUT2D eigenvalue weighted by Gasteiger charge is -2.18. The van der Waals surface area contributed by atoms with E-state index in [1.807, 2.05) is 0 Å². The highest BCUT2D eigenvalue weighted by molar-refractivity contribution is 6.13. The van der Waals surface area contributed by atoms with Crippen molar-refractivity contribution in [3.8, 4) is 0 Å². The second kappa shape index (κ2) is 3.78. The number of nitrogens with zero attached hydrogens (tertiary/aromatic N) is 2. The number of hydrogen-bond donors (Lipinski definition) is 1. The first-order valence-corrected chi connectivity index (χ1v) is 5.70. The molecule has 3 rings (SSSR count). The molecule has 1 saturated carbocycles. The van der Waals surface area contributed by atoms with Gasteiger partial charge in [0.1, 0.15) is 5.82 Å². The molecule has 0 bridgehead atoms. The molecule has 1 aromatic rings.